The molecule has 0 radical (unpaired) electrons. The Balaban J connectivity index is 0.993. The van der Waals surface area contributed by atoms with Gasteiger partial charge in [0.05, 0.1) is 40.2 Å². The third kappa shape index (κ3) is 9.33. The molecular weight excluding hydrogens is 871 g/mol. The molecule has 0 bridgehead atoms. The van der Waals surface area contributed by atoms with Crippen LogP contribution in [0.5, 0.6) is 11.5 Å². The number of fused-ring (bicyclic) bond motifs is 2. The monoisotopic (exact) mass is 906 g/mol. The van der Waals surface area contributed by atoms with Gasteiger partial charge in [-0.25, -0.2) is 13.6 Å². The number of aliphatic hydroxyl groups excluding tert-OH is 1. The zero-order valence-corrected chi connectivity index (χ0v) is 34.6. The minimum atomic E-state index is -2.27. The Labute approximate surface area is 377 Å². The number of nitrogens with two attached hydrogens (primary N) is 3. The largest absolute Gasteiger partial charge is 0.423 e. The van der Waals surface area contributed by atoms with Crippen LogP contribution < -0.4 is 42.6 Å². The van der Waals surface area contributed by atoms with Gasteiger partial charge in [-0.05, 0) is 109 Å². The standard InChI is InChI=1S/C48H36F2N8O9/c49-26-13-19-34-30(21-26)42(40(55-34)47(64)54-28-15-9-24(10-16-28)45(62)56-35-7-3-1-5-32(35)51)66-39(60)23-38(59)48(65)67-43-31-22-27(50)14-20-37(31)58(41(43)44(53)61)29-17-11-25(12-18-29)46(63)57-36-8-4-2-6-33(36)52/h1-22,38,55,59H,23,51-52H2,(H2,53,61)(H,54,64)(H,56,62)(H,57,63). The second kappa shape index (κ2) is 18.4. The number of nitrogens with zero attached hydrogens (tertiary/aromatic N) is 1. The van der Waals surface area contributed by atoms with Gasteiger partial charge >= 0.3 is 11.9 Å². The molecule has 0 fully saturated rings. The zero-order valence-electron chi connectivity index (χ0n) is 34.6. The molecule has 0 saturated carbocycles. The van der Waals surface area contributed by atoms with Gasteiger partial charge in [0.2, 0.25) is 0 Å². The number of para-hydroxylation sites is 4. The average molecular weight is 907 g/mol. The number of hydrogen-bond acceptors (Lipinski definition) is 11. The van der Waals surface area contributed by atoms with Gasteiger partial charge in [-0.15, -0.1) is 0 Å². The number of primary amides is 1. The minimum Gasteiger partial charge on any atom is -0.423 e. The van der Waals surface area contributed by atoms with Crippen LogP contribution in [-0.2, 0) is 9.59 Å². The minimum absolute atomic E-state index is 0.0433. The van der Waals surface area contributed by atoms with E-state index >= 15 is 0 Å². The lowest BCUT2D eigenvalue weighted by Crippen LogP contribution is -2.30. The Hall–Kier alpha value is -9.36. The van der Waals surface area contributed by atoms with Crippen LogP contribution in [0, 0.1) is 11.6 Å². The second-order valence-corrected chi connectivity index (χ2v) is 14.8. The first kappa shape index (κ1) is 44.3. The maximum Gasteiger partial charge on any atom is 0.341 e. The van der Waals surface area contributed by atoms with Gasteiger partial charge in [0.15, 0.2) is 23.3 Å². The molecule has 11 N–H and O–H groups in total. The Kier molecular flexibility index (Phi) is 12.1. The van der Waals surface area contributed by atoms with Crippen molar-refractivity contribution >= 4 is 85.8 Å². The first-order chi connectivity index (χ1) is 32.1. The molecule has 67 heavy (non-hydrogen) atoms. The number of anilines is 5. The third-order valence-corrected chi connectivity index (χ3v) is 10.3. The highest BCUT2D eigenvalue weighted by molar-refractivity contribution is 6.11. The summed E-state index contributed by atoms with van der Waals surface area (Å²) in [7, 11) is 0. The van der Waals surface area contributed by atoms with E-state index in [9.17, 15) is 42.7 Å². The van der Waals surface area contributed by atoms with Crippen LogP contribution in [0.15, 0.2) is 133 Å². The number of rotatable bonds is 13. The van der Waals surface area contributed by atoms with Gasteiger partial charge in [-0.1, -0.05) is 24.3 Å². The second-order valence-electron chi connectivity index (χ2n) is 14.8. The van der Waals surface area contributed by atoms with Crippen molar-refractivity contribution in [3.63, 3.8) is 0 Å². The number of aliphatic hydroxyl groups is 1. The van der Waals surface area contributed by atoms with Gasteiger partial charge in [0.25, 0.3) is 23.6 Å². The lowest BCUT2D eigenvalue weighted by Gasteiger charge is -2.13. The molecule has 0 aliphatic rings. The van der Waals surface area contributed by atoms with Gasteiger partial charge in [0, 0.05) is 33.3 Å². The molecule has 17 nitrogen and oxygen atoms in total. The van der Waals surface area contributed by atoms with Crippen LogP contribution in [0.25, 0.3) is 27.5 Å². The van der Waals surface area contributed by atoms with E-state index in [-0.39, 0.29) is 50.0 Å². The van der Waals surface area contributed by atoms with Crippen molar-refractivity contribution in [2.45, 2.75) is 12.5 Å². The fraction of sp³-hybridized carbons (Fsp3) is 0.0417. The van der Waals surface area contributed by atoms with E-state index in [0.717, 1.165) is 24.3 Å². The number of amides is 4. The Morgan fingerprint density at radius 2 is 1.19 bits per heavy atom. The number of nitrogens with one attached hydrogen (secondary N) is 4. The van der Waals surface area contributed by atoms with Crippen molar-refractivity contribution < 1.29 is 52.1 Å². The van der Waals surface area contributed by atoms with Crippen molar-refractivity contribution in [2.24, 2.45) is 5.73 Å². The highest BCUT2D eigenvalue weighted by atomic mass is 19.1. The van der Waals surface area contributed by atoms with Crippen molar-refractivity contribution in [3.8, 4) is 17.2 Å². The summed E-state index contributed by atoms with van der Waals surface area (Å²) in [6.07, 6.45) is -3.36. The average Bonchev–Trinajstić information content (AvgIpc) is 3.82. The third-order valence-electron chi connectivity index (χ3n) is 10.3. The molecule has 4 amide bonds. The maximum absolute atomic E-state index is 14.7. The fourth-order valence-electron chi connectivity index (χ4n) is 7.07. The van der Waals surface area contributed by atoms with Crippen LogP contribution in [0.2, 0.25) is 0 Å². The molecule has 0 spiro atoms. The number of carbonyl (C=O) groups is 6. The number of H-pyrrole nitrogens is 1. The first-order valence-corrected chi connectivity index (χ1v) is 20.0. The predicted molar refractivity (Wildman–Crippen MR) is 244 cm³/mol. The van der Waals surface area contributed by atoms with Crippen molar-refractivity contribution in [1.29, 1.82) is 0 Å². The summed E-state index contributed by atoms with van der Waals surface area (Å²) in [5.74, 6) is -8.27. The number of aromatic amines is 1. The summed E-state index contributed by atoms with van der Waals surface area (Å²) in [6, 6.07) is 31.6. The fourth-order valence-corrected chi connectivity index (χ4v) is 7.07. The molecule has 2 aromatic heterocycles. The number of ether oxygens (including phenoxy) is 2. The Bertz CT molecular complexity index is 3300. The summed E-state index contributed by atoms with van der Waals surface area (Å²) in [4.78, 5) is 82.1. The summed E-state index contributed by atoms with van der Waals surface area (Å²) in [5.41, 5.74) is 19.6. The van der Waals surface area contributed by atoms with Crippen LogP contribution in [-0.4, -0.2) is 56.3 Å². The van der Waals surface area contributed by atoms with E-state index in [1.54, 1.807) is 48.5 Å². The van der Waals surface area contributed by atoms with E-state index in [2.05, 4.69) is 20.9 Å². The zero-order chi connectivity index (χ0) is 47.5. The molecule has 8 rings (SSSR count). The molecule has 1 atom stereocenters. The van der Waals surface area contributed by atoms with E-state index < -0.39 is 76.9 Å². The molecule has 0 saturated heterocycles. The maximum atomic E-state index is 14.7. The summed E-state index contributed by atoms with van der Waals surface area (Å²) in [6.45, 7) is 0. The van der Waals surface area contributed by atoms with Crippen LogP contribution in [0.3, 0.4) is 0 Å². The number of aromatic nitrogens is 2. The molecule has 8 aromatic rings. The molecule has 6 aromatic carbocycles. The Morgan fingerprint density at radius 1 is 0.642 bits per heavy atom. The van der Waals surface area contributed by atoms with Gasteiger partial charge < -0.3 is 57.3 Å². The normalized spacial score (nSPS) is 11.4. The highest BCUT2D eigenvalue weighted by Crippen LogP contribution is 2.37. The van der Waals surface area contributed by atoms with Crippen LogP contribution >= 0.6 is 0 Å². The van der Waals surface area contributed by atoms with Crippen molar-refractivity contribution in [2.75, 3.05) is 27.4 Å². The van der Waals surface area contributed by atoms with E-state index in [0.29, 0.717) is 22.7 Å². The van der Waals surface area contributed by atoms with Gasteiger partial charge in [-0.3, -0.25) is 24.0 Å². The number of nitrogen functional groups attached to an aromatic ring is 2. The quantitative estimate of drug-likeness (QED) is 0.0447. The number of benzene rings is 6. The molecule has 2 heterocycles. The van der Waals surface area contributed by atoms with E-state index in [1.165, 1.54) is 65.2 Å². The number of halogens is 2. The first-order valence-electron chi connectivity index (χ1n) is 20.0. The number of hydrogen-bond donors (Lipinski definition) is 8. The van der Waals surface area contributed by atoms with Crippen LogP contribution in [0.4, 0.5) is 37.2 Å². The summed E-state index contributed by atoms with van der Waals surface area (Å²) >= 11 is 0. The molecule has 336 valence electrons. The number of carbonyl (C=O) groups excluding carboxylic acids is 6. The predicted octanol–water partition coefficient (Wildman–Crippen LogP) is 6.67. The van der Waals surface area contributed by atoms with E-state index in [4.69, 9.17) is 26.7 Å². The topological polar surface area (TPSA) is 276 Å². The highest BCUT2D eigenvalue weighted by Gasteiger charge is 2.31. The smallest absolute Gasteiger partial charge is 0.341 e. The lowest BCUT2D eigenvalue weighted by atomic mass is 10.1. The molecular formula is C48H36F2N8O9. The summed E-state index contributed by atoms with van der Waals surface area (Å²) in [5, 5.41) is 18.8. The molecule has 0 aliphatic carbocycles. The lowest BCUT2D eigenvalue weighted by molar-refractivity contribution is -0.149. The Morgan fingerprint density at radius 3 is 1.78 bits per heavy atom. The molecule has 1 unspecified atom stereocenters. The van der Waals surface area contributed by atoms with Crippen LogP contribution in [0.1, 0.15) is 48.1 Å². The van der Waals surface area contributed by atoms with E-state index in [1.807, 2.05) is 0 Å². The van der Waals surface area contributed by atoms with Crippen molar-refractivity contribution in [1.82, 2.24) is 9.55 Å². The van der Waals surface area contributed by atoms with Gasteiger partial charge in [-0.2, -0.15) is 0 Å². The van der Waals surface area contributed by atoms with Gasteiger partial charge in [0.1, 0.15) is 17.3 Å². The molecule has 19 heteroatoms. The number of esters is 2. The SMILES string of the molecule is NC(=O)c1c(OC(=O)C(O)CC(=O)Oc2c(C(=O)Nc3ccc(C(=O)Nc4ccccc4N)cc3)[nH]c3ccc(F)cc23)c2cc(F)ccc2n1-c1ccc(C(=O)Nc2ccccc2N)cc1. The van der Waals surface area contributed by atoms with Crippen molar-refractivity contribution in [3.05, 3.63) is 168 Å². The molecule has 0 aliphatic heterocycles. The summed E-state index contributed by atoms with van der Waals surface area (Å²) < 4.78 is 41.4.